The van der Waals surface area contributed by atoms with Crippen LogP contribution in [0.1, 0.15) is 75.1 Å². The van der Waals surface area contributed by atoms with Gasteiger partial charge < -0.3 is 9.32 Å². The number of hydrogen-bond donors (Lipinski definition) is 1. The number of carbonyl (C=O) groups excluding carboxylic acids is 2. The highest BCUT2D eigenvalue weighted by molar-refractivity contribution is 6.42. The van der Waals surface area contributed by atoms with E-state index < -0.39 is 0 Å². The lowest BCUT2D eigenvalue weighted by molar-refractivity contribution is -0.124. The number of halogens is 2. The third-order valence-corrected chi connectivity index (χ3v) is 8.12. The highest BCUT2D eigenvalue weighted by atomic mass is 35.5. The molecule has 3 atom stereocenters. The second kappa shape index (κ2) is 16.4. The highest BCUT2D eigenvalue weighted by Gasteiger charge is 2.28. The molecular formula is C36H44ClFN2O3. The van der Waals surface area contributed by atoms with Crippen LogP contribution in [0.15, 0.2) is 71.2 Å². The molecule has 0 fully saturated rings. The molecule has 0 bridgehead atoms. The van der Waals surface area contributed by atoms with Crippen LogP contribution < -0.4 is 0 Å². The van der Waals surface area contributed by atoms with E-state index in [9.17, 15) is 14.0 Å². The van der Waals surface area contributed by atoms with Crippen molar-refractivity contribution in [1.29, 1.82) is 5.41 Å². The van der Waals surface area contributed by atoms with E-state index in [1.807, 2.05) is 45.0 Å². The molecule has 7 heteroatoms. The SMILES string of the molecule is CCCN(C[C@H](C)CC(CC)C(=O)c1oc2ccc(F)cc2c1C)C(=O)C(=N)/C=C/C=C/C(CC)Cc1cccc(Cl)c1. The minimum absolute atomic E-state index is 0.0278. The molecule has 0 aliphatic heterocycles. The molecule has 0 radical (unpaired) electrons. The zero-order chi connectivity index (χ0) is 31.5. The molecule has 2 unspecified atom stereocenters. The van der Waals surface area contributed by atoms with Crippen molar-refractivity contribution < 1.29 is 18.4 Å². The zero-order valence-electron chi connectivity index (χ0n) is 26.0. The lowest BCUT2D eigenvalue weighted by Crippen LogP contribution is -2.39. The Bertz CT molecular complexity index is 1470. The van der Waals surface area contributed by atoms with Gasteiger partial charge in [-0.1, -0.05) is 69.7 Å². The molecule has 1 aromatic heterocycles. The Morgan fingerprint density at radius 3 is 2.53 bits per heavy atom. The monoisotopic (exact) mass is 606 g/mol. The number of nitrogens with one attached hydrogen (secondary N) is 1. The van der Waals surface area contributed by atoms with Crippen molar-refractivity contribution in [2.45, 2.75) is 66.7 Å². The lowest BCUT2D eigenvalue weighted by Gasteiger charge is -2.27. The topological polar surface area (TPSA) is 74.4 Å². The predicted octanol–water partition coefficient (Wildman–Crippen LogP) is 9.41. The molecule has 43 heavy (non-hydrogen) atoms. The van der Waals surface area contributed by atoms with E-state index in [1.54, 1.807) is 30.0 Å². The minimum Gasteiger partial charge on any atom is -0.453 e. The minimum atomic E-state index is -0.368. The largest absolute Gasteiger partial charge is 0.453 e. The van der Waals surface area contributed by atoms with Gasteiger partial charge >= 0.3 is 0 Å². The van der Waals surface area contributed by atoms with Gasteiger partial charge in [0, 0.05) is 35.0 Å². The summed E-state index contributed by atoms with van der Waals surface area (Å²) in [5.74, 6) is -0.449. The van der Waals surface area contributed by atoms with Crippen LogP contribution in [0.5, 0.6) is 0 Å². The first-order chi connectivity index (χ1) is 20.6. The quantitative estimate of drug-likeness (QED) is 0.100. The number of nitrogens with zero attached hydrogens (tertiary/aromatic N) is 1. The van der Waals surface area contributed by atoms with E-state index in [1.165, 1.54) is 17.7 Å². The number of rotatable bonds is 16. The van der Waals surface area contributed by atoms with Gasteiger partial charge in [0.15, 0.2) is 5.76 Å². The van der Waals surface area contributed by atoms with E-state index >= 15 is 0 Å². The number of aryl methyl sites for hydroxylation is 1. The third kappa shape index (κ3) is 9.49. The number of carbonyl (C=O) groups is 2. The maximum absolute atomic E-state index is 13.8. The Kier molecular flexibility index (Phi) is 12.9. The van der Waals surface area contributed by atoms with Gasteiger partial charge in [0.25, 0.3) is 5.91 Å². The summed E-state index contributed by atoms with van der Waals surface area (Å²) in [6.45, 7) is 10.9. The fraction of sp³-hybridized carbons (Fsp3) is 0.417. The molecule has 0 saturated heterocycles. The number of allylic oxidation sites excluding steroid dienone is 3. The van der Waals surface area contributed by atoms with Crippen LogP contribution in [0.25, 0.3) is 11.0 Å². The number of Topliss-reactive ketones (excluding diaryl/α,β-unsaturated/α-hetero) is 1. The Labute approximate surface area is 260 Å². The summed E-state index contributed by atoms with van der Waals surface area (Å²) in [6, 6.07) is 12.1. The van der Waals surface area contributed by atoms with Gasteiger partial charge in [0.2, 0.25) is 5.78 Å². The molecule has 3 aromatic rings. The van der Waals surface area contributed by atoms with Crippen LogP contribution in [0.2, 0.25) is 5.02 Å². The smallest absolute Gasteiger partial charge is 0.271 e. The molecule has 0 aliphatic carbocycles. The molecule has 0 saturated carbocycles. The Balaban J connectivity index is 1.60. The summed E-state index contributed by atoms with van der Waals surface area (Å²) in [5, 5.41) is 9.75. The summed E-state index contributed by atoms with van der Waals surface area (Å²) in [4.78, 5) is 28.4. The maximum Gasteiger partial charge on any atom is 0.271 e. The van der Waals surface area contributed by atoms with E-state index in [0.29, 0.717) is 48.4 Å². The van der Waals surface area contributed by atoms with Crippen molar-refractivity contribution >= 4 is 40.0 Å². The van der Waals surface area contributed by atoms with Crippen LogP contribution in [0, 0.1) is 35.9 Å². The summed E-state index contributed by atoms with van der Waals surface area (Å²) >= 11 is 6.12. The average Bonchev–Trinajstić information content (AvgIpc) is 3.31. The fourth-order valence-corrected chi connectivity index (χ4v) is 5.70. The van der Waals surface area contributed by atoms with Crippen molar-refractivity contribution in [3.63, 3.8) is 0 Å². The standard InChI is InChI=1S/C36H44ClFN2O3/c1-6-18-40(36(42)32(39)15-10-9-12-26(7-2)20-27-13-11-14-29(37)21-27)23-24(4)19-28(8-3)34(41)35-25(5)31-22-30(38)16-17-33(31)43-35/h9-17,21-22,24,26,28,39H,6-8,18-20,23H2,1-5H3/b12-9+,15-10+,39-32?/t24-,26?,28?/m1/s1. The molecule has 1 N–H and O–H groups in total. The van der Waals surface area contributed by atoms with Crippen molar-refractivity contribution in [3.8, 4) is 0 Å². The van der Waals surface area contributed by atoms with Gasteiger partial charge in [-0.05, 0) is 92.8 Å². The first-order valence-electron chi connectivity index (χ1n) is 15.3. The van der Waals surface area contributed by atoms with Gasteiger partial charge in [0.05, 0.1) is 0 Å². The number of furan rings is 1. The highest BCUT2D eigenvalue weighted by Crippen LogP contribution is 2.30. The Morgan fingerprint density at radius 1 is 1.09 bits per heavy atom. The van der Waals surface area contributed by atoms with Gasteiger partial charge in [-0.2, -0.15) is 0 Å². The second-order valence-corrected chi connectivity index (χ2v) is 11.9. The zero-order valence-corrected chi connectivity index (χ0v) is 26.7. The van der Waals surface area contributed by atoms with E-state index in [-0.39, 0.29) is 40.8 Å². The Morgan fingerprint density at radius 2 is 1.86 bits per heavy atom. The molecular weight excluding hydrogens is 563 g/mol. The molecule has 3 rings (SSSR count). The van der Waals surface area contributed by atoms with Crippen LogP contribution in [0.4, 0.5) is 4.39 Å². The van der Waals surface area contributed by atoms with Gasteiger partial charge in [-0.3, -0.25) is 15.0 Å². The third-order valence-electron chi connectivity index (χ3n) is 7.88. The van der Waals surface area contributed by atoms with E-state index in [2.05, 4.69) is 19.1 Å². The van der Waals surface area contributed by atoms with Crippen LogP contribution in [0.3, 0.4) is 0 Å². The van der Waals surface area contributed by atoms with Gasteiger partial charge in [-0.15, -0.1) is 0 Å². The molecule has 0 spiro atoms. The fourth-order valence-electron chi connectivity index (χ4n) is 5.48. The van der Waals surface area contributed by atoms with E-state index in [4.69, 9.17) is 21.4 Å². The first kappa shape index (κ1) is 34.0. The summed E-state index contributed by atoms with van der Waals surface area (Å²) < 4.78 is 19.6. The normalized spacial score (nSPS) is 13.9. The number of hydrogen-bond acceptors (Lipinski definition) is 4. The summed E-state index contributed by atoms with van der Waals surface area (Å²) in [5.41, 5.74) is 2.26. The molecule has 2 aromatic carbocycles. The van der Waals surface area contributed by atoms with Crippen LogP contribution in [-0.4, -0.2) is 35.4 Å². The molecule has 0 aliphatic rings. The molecule has 1 heterocycles. The summed E-state index contributed by atoms with van der Waals surface area (Å²) in [6.07, 6.45) is 11.1. The molecule has 1 amide bonds. The predicted molar refractivity (Wildman–Crippen MR) is 175 cm³/mol. The van der Waals surface area contributed by atoms with Crippen LogP contribution in [-0.2, 0) is 11.2 Å². The maximum atomic E-state index is 13.8. The lowest BCUT2D eigenvalue weighted by atomic mass is 9.88. The number of fused-ring (bicyclic) bond motifs is 1. The number of amides is 1. The second-order valence-electron chi connectivity index (χ2n) is 11.4. The van der Waals surface area contributed by atoms with Crippen molar-refractivity contribution in [1.82, 2.24) is 4.90 Å². The summed E-state index contributed by atoms with van der Waals surface area (Å²) in [7, 11) is 0. The Hall–Kier alpha value is -3.51. The van der Waals surface area contributed by atoms with Gasteiger partial charge in [-0.25, -0.2) is 4.39 Å². The van der Waals surface area contributed by atoms with Crippen LogP contribution >= 0.6 is 11.6 Å². The van der Waals surface area contributed by atoms with Crippen molar-refractivity contribution in [2.24, 2.45) is 17.8 Å². The molecule has 5 nitrogen and oxygen atoms in total. The van der Waals surface area contributed by atoms with Crippen molar-refractivity contribution in [2.75, 3.05) is 13.1 Å². The number of ketones is 1. The average molecular weight is 607 g/mol. The number of benzene rings is 2. The molecule has 230 valence electrons. The van der Waals surface area contributed by atoms with Crippen molar-refractivity contribution in [3.05, 3.63) is 94.5 Å². The van der Waals surface area contributed by atoms with Gasteiger partial charge in [0.1, 0.15) is 17.1 Å². The first-order valence-corrected chi connectivity index (χ1v) is 15.7. The van der Waals surface area contributed by atoms with E-state index in [0.717, 1.165) is 24.3 Å².